The fraction of sp³-hybridized carbons (Fsp3) is 0.486. The maximum atomic E-state index is 14.1. The molecule has 2 aromatic carbocycles. The molecular weight excluding hydrogens is 624 g/mol. The van der Waals surface area contributed by atoms with Gasteiger partial charge in [-0.1, -0.05) is 39.0 Å². The first kappa shape index (κ1) is 36.8. The van der Waals surface area contributed by atoms with Gasteiger partial charge in [-0.05, 0) is 87.3 Å². The highest BCUT2D eigenvalue weighted by molar-refractivity contribution is 5.99. The molecule has 1 unspecified atom stereocenters. The summed E-state index contributed by atoms with van der Waals surface area (Å²) in [6.07, 6.45) is 0.609. The van der Waals surface area contributed by atoms with Gasteiger partial charge in [0.1, 0.15) is 17.4 Å². The number of alkyl carbamates (subject to hydrolysis) is 1. The van der Waals surface area contributed by atoms with Crippen LogP contribution in [0.15, 0.2) is 48.5 Å². The highest BCUT2D eigenvalue weighted by atomic mass is 16.6. The molecule has 0 spiro atoms. The number of nitrogens with one attached hydrogen (secondary N) is 2. The molecule has 1 aliphatic heterocycles. The summed E-state index contributed by atoms with van der Waals surface area (Å²) in [6, 6.07) is 16.8. The lowest BCUT2D eigenvalue weighted by Gasteiger charge is -2.37. The Balaban J connectivity index is 1.47. The Morgan fingerprint density at radius 1 is 1.02 bits per heavy atom. The first-order valence-electron chi connectivity index (χ1n) is 16.7. The van der Waals surface area contributed by atoms with Gasteiger partial charge in [-0.3, -0.25) is 9.59 Å². The Bertz CT molecular complexity index is 1720. The second-order valence-corrected chi connectivity index (χ2v) is 14.7. The lowest BCUT2D eigenvalue weighted by atomic mass is 9.80. The number of ether oxygens (including phenoxy) is 2. The van der Waals surface area contributed by atoms with Crippen molar-refractivity contribution in [1.82, 2.24) is 14.8 Å². The number of fused-ring (bicyclic) bond motifs is 1. The highest BCUT2D eigenvalue weighted by Gasteiger charge is 2.33. The molecule has 1 saturated heterocycles. The lowest BCUT2D eigenvalue weighted by molar-refractivity contribution is -0.116. The smallest absolute Gasteiger partial charge is 0.407 e. The van der Waals surface area contributed by atoms with Crippen molar-refractivity contribution in [1.29, 1.82) is 5.26 Å². The van der Waals surface area contributed by atoms with E-state index in [2.05, 4.69) is 16.7 Å². The summed E-state index contributed by atoms with van der Waals surface area (Å²) < 4.78 is 12.6. The Morgan fingerprint density at radius 2 is 1.73 bits per heavy atom. The summed E-state index contributed by atoms with van der Waals surface area (Å²) in [5.74, 6) is -0.0915. The molecule has 1 fully saturated rings. The van der Waals surface area contributed by atoms with Gasteiger partial charge in [0.25, 0.3) is 5.91 Å². The van der Waals surface area contributed by atoms with Crippen LogP contribution >= 0.6 is 0 Å². The quantitative estimate of drug-likeness (QED) is 0.231. The lowest BCUT2D eigenvalue weighted by Crippen LogP contribution is -2.42. The minimum absolute atomic E-state index is 0.0625. The Morgan fingerprint density at radius 3 is 2.37 bits per heavy atom. The van der Waals surface area contributed by atoms with E-state index in [-0.39, 0.29) is 42.2 Å². The molecule has 49 heavy (non-hydrogen) atoms. The van der Waals surface area contributed by atoms with E-state index in [9.17, 15) is 24.4 Å². The maximum Gasteiger partial charge on any atom is 0.407 e. The minimum atomic E-state index is -0.777. The molecule has 0 aliphatic carbocycles. The molecule has 0 bridgehead atoms. The van der Waals surface area contributed by atoms with Crippen LogP contribution in [-0.2, 0) is 20.8 Å². The predicted molar refractivity (Wildman–Crippen MR) is 187 cm³/mol. The zero-order chi connectivity index (χ0) is 35.9. The number of carbonyl (C=O) groups excluding carboxylic acids is 4. The second kappa shape index (κ2) is 15.4. The van der Waals surface area contributed by atoms with Gasteiger partial charge in [-0.15, -0.1) is 0 Å². The molecular formula is C37H48N6O6. The molecule has 262 valence electrons. The van der Waals surface area contributed by atoms with Crippen LogP contribution in [-0.4, -0.2) is 64.8 Å². The number of hydrogen-bond donors (Lipinski definition) is 3. The number of primary amides is 1. The first-order chi connectivity index (χ1) is 23.0. The molecule has 12 nitrogen and oxygen atoms in total. The molecule has 12 heteroatoms. The number of rotatable bonds is 10. The largest absolute Gasteiger partial charge is 0.446 e. The number of carbonyl (C=O) groups is 4. The molecule has 3 aromatic rings. The number of nitrogens with two attached hydrogens (primary N) is 1. The Labute approximate surface area is 287 Å². The van der Waals surface area contributed by atoms with Crippen LogP contribution in [0.2, 0.25) is 0 Å². The number of likely N-dealkylation sites (tertiary alicyclic amines) is 1. The zero-order valence-corrected chi connectivity index (χ0v) is 29.3. The molecule has 1 atom stereocenters. The number of hydrogen-bond acceptors (Lipinski definition) is 7. The van der Waals surface area contributed by atoms with Gasteiger partial charge >= 0.3 is 12.2 Å². The van der Waals surface area contributed by atoms with Gasteiger partial charge < -0.3 is 35.3 Å². The second-order valence-electron chi connectivity index (χ2n) is 14.7. The summed E-state index contributed by atoms with van der Waals surface area (Å²) in [6.45, 7) is 12.9. The summed E-state index contributed by atoms with van der Waals surface area (Å²) in [4.78, 5) is 52.0. The molecule has 1 aliphatic rings. The van der Waals surface area contributed by atoms with Gasteiger partial charge in [-0.25, -0.2) is 9.59 Å². The topological polar surface area (TPSA) is 169 Å². The van der Waals surface area contributed by atoms with Gasteiger partial charge in [-0.2, -0.15) is 5.26 Å². The zero-order valence-electron chi connectivity index (χ0n) is 29.3. The standard InChI is InChI=1S/C37H48N6O6/c1-36(2,3)31(48-34(39)46)20-24-13-16-42(17-14-24)33(45)30-21-27-11-10-25(22-38)19-29(27)43(30)23-26-8-7-9-28(18-26)41-32(44)12-15-40-35(47)49-37(4,5)6/h7-11,18-19,21,24,31H,12-17,20,23H2,1-6H3,(H2,39,46)(H,40,47)(H,41,44). The third-order valence-electron chi connectivity index (χ3n) is 8.50. The average Bonchev–Trinajstić information content (AvgIpc) is 3.36. The molecule has 0 radical (unpaired) electrons. The SMILES string of the molecule is CC(C)(C)OC(=O)NCCC(=O)Nc1cccc(Cn2c(C(=O)N3CCC(CC(OC(N)=O)C(C)(C)C)CC3)cc3ccc(C#N)cc32)c1. The van der Waals surface area contributed by atoms with E-state index in [1.165, 1.54) is 0 Å². The van der Waals surface area contributed by atoms with E-state index >= 15 is 0 Å². The van der Waals surface area contributed by atoms with Gasteiger partial charge in [0.15, 0.2) is 0 Å². The fourth-order valence-corrected chi connectivity index (χ4v) is 5.97. The van der Waals surface area contributed by atoms with Crippen molar-refractivity contribution in [3.8, 4) is 6.07 Å². The number of aromatic nitrogens is 1. The Hall–Kier alpha value is -5.05. The van der Waals surface area contributed by atoms with Gasteiger partial charge in [0, 0.05) is 43.7 Å². The number of anilines is 1. The monoisotopic (exact) mass is 672 g/mol. The highest BCUT2D eigenvalue weighted by Crippen LogP contribution is 2.33. The van der Waals surface area contributed by atoms with Crippen LogP contribution < -0.4 is 16.4 Å². The normalized spacial score (nSPS) is 14.5. The average molecular weight is 673 g/mol. The van der Waals surface area contributed by atoms with Crippen LogP contribution in [0.5, 0.6) is 0 Å². The van der Waals surface area contributed by atoms with Gasteiger partial charge in [0.2, 0.25) is 5.91 Å². The van der Waals surface area contributed by atoms with Crippen LogP contribution in [0, 0.1) is 22.7 Å². The van der Waals surface area contributed by atoms with E-state index in [1.807, 2.05) is 60.6 Å². The Kier molecular flexibility index (Phi) is 11.6. The van der Waals surface area contributed by atoms with Crippen LogP contribution in [0.4, 0.5) is 15.3 Å². The van der Waals surface area contributed by atoms with Crippen molar-refractivity contribution < 1.29 is 28.7 Å². The predicted octanol–water partition coefficient (Wildman–Crippen LogP) is 6.17. The van der Waals surface area contributed by atoms with Crippen LogP contribution in [0.3, 0.4) is 0 Å². The number of nitrogens with zero attached hydrogens (tertiary/aromatic N) is 3. The van der Waals surface area contributed by atoms with Crippen LogP contribution in [0.25, 0.3) is 10.9 Å². The summed E-state index contributed by atoms with van der Waals surface area (Å²) >= 11 is 0. The molecule has 1 aromatic heterocycles. The minimum Gasteiger partial charge on any atom is -0.446 e. The number of amides is 4. The third kappa shape index (κ3) is 10.5. The van der Waals surface area contributed by atoms with E-state index in [1.54, 1.807) is 39.0 Å². The van der Waals surface area contributed by atoms with E-state index in [0.29, 0.717) is 43.0 Å². The van der Waals surface area contributed by atoms with Crippen LogP contribution in [0.1, 0.15) is 88.8 Å². The van der Waals surface area contributed by atoms with Gasteiger partial charge in [0.05, 0.1) is 17.1 Å². The third-order valence-corrected chi connectivity index (χ3v) is 8.50. The van der Waals surface area contributed by atoms with Crippen molar-refractivity contribution in [3.05, 3.63) is 65.4 Å². The van der Waals surface area contributed by atoms with Crippen molar-refractivity contribution in [2.24, 2.45) is 17.1 Å². The van der Waals surface area contributed by atoms with Crippen molar-refractivity contribution >= 4 is 40.6 Å². The van der Waals surface area contributed by atoms with Crippen molar-refractivity contribution in [2.45, 2.75) is 85.5 Å². The molecule has 4 N–H and O–H groups in total. The van der Waals surface area contributed by atoms with Crippen molar-refractivity contribution in [3.63, 3.8) is 0 Å². The number of piperidine rings is 1. The first-order valence-corrected chi connectivity index (χ1v) is 16.7. The number of benzene rings is 2. The molecule has 4 amide bonds. The number of nitriles is 1. The molecule has 4 rings (SSSR count). The summed E-state index contributed by atoms with van der Waals surface area (Å²) in [7, 11) is 0. The fourth-order valence-electron chi connectivity index (χ4n) is 5.97. The van der Waals surface area contributed by atoms with E-state index < -0.39 is 17.8 Å². The maximum absolute atomic E-state index is 14.1. The van der Waals surface area contributed by atoms with E-state index in [4.69, 9.17) is 15.2 Å². The molecule has 0 saturated carbocycles. The van der Waals surface area contributed by atoms with E-state index in [0.717, 1.165) is 29.3 Å². The molecule has 2 heterocycles. The van der Waals surface area contributed by atoms with Crippen molar-refractivity contribution in [2.75, 3.05) is 25.0 Å². The summed E-state index contributed by atoms with van der Waals surface area (Å²) in [5.41, 5.74) is 7.64. The summed E-state index contributed by atoms with van der Waals surface area (Å²) in [5, 5.41) is 15.9.